The summed E-state index contributed by atoms with van der Waals surface area (Å²) in [6, 6.07) is 7.20. The van der Waals surface area contributed by atoms with Crippen LogP contribution < -0.4 is 0 Å². The van der Waals surface area contributed by atoms with E-state index >= 15 is 0 Å². The fraction of sp³-hybridized carbons (Fsp3) is 0.429. The van der Waals surface area contributed by atoms with E-state index in [9.17, 15) is 9.59 Å². The third-order valence-electron chi connectivity index (χ3n) is 2.89. The van der Waals surface area contributed by atoms with Crippen LogP contribution in [0.3, 0.4) is 0 Å². The average Bonchev–Trinajstić information content (AvgIpc) is 2.28. The van der Waals surface area contributed by atoms with Gasteiger partial charge in [0.15, 0.2) is 0 Å². The zero-order valence-electron chi connectivity index (χ0n) is 10.4. The molecule has 0 saturated carbocycles. The monoisotopic (exact) mass is 250 g/mol. The third-order valence-corrected chi connectivity index (χ3v) is 2.89. The van der Waals surface area contributed by atoms with E-state index in [4.69, 9.17) is 10.2 Å². The highest BCUT2D eigenvalue weighted by Crippen LogP contribution is 2.28. The van der Waals surface area contributed by atoms with E-state index in [0.29, 0.717) is 5.56 Å². The molecule has 98 valence electrons. The van der Waals surface area contributed by atoms with Gasteiger partial charge in [-0.25, -0.2) is 0 Å². The summed E-state index contributed by atoms with van der Waals surface area (Å²) >= 11 is 0. The quantitative estimate of drug-likeness (QED) is 0.780. The van der Waals surface area contributed by atoms with Gasteiger partial charge in [-0.1, -0.05) is 37.6 Å². The molecule has 0 bridgehead atoms. The molecular weight excluding hydrogens is 232 g/mol. The Kier molecular flexibility index (Phi) is 5.36. The van der Waals surface area contributed by atoms with Crippen LogP contribution in [-0.4, -0.2) is 22.2 Å². The second kappa shape index (κ2) is 6.79. The molecule has 1 aromatic carbocycles. The second-order valence-electron chi connectivity index (χ2n) is 4.35. The van der Waals surface area contributed by atoms with Crippen molar-refractivity contribution in [2.75, 3.05) is 0 Å². The van der Waals surface area contributed by atoms with Gasteiger partial charge in [0.05, 0.1) is 12.8 Å². The minimum absolute atomic E-state index is 0.0461. The molecule has 0 heterocycles. The second-order valence-corrected chi connectivity index (χ2v) is 4.35. The summed E-state index contributed by atoms with van der Waals surface area (Å²) in [7, 11) is 0. The molecule has 1 atom stereocenters. The number of rotatable bonds is 7. The number of aliphatic carboxylic acids is 2. The van der Waals surface area contributed by atoms with Crippen LogP contribution in [-0.2, 0) is 16.0 Å². The standard InChI is InChI=1S/C14H18O4/c1-2-5-10(8-13(15)16)12-7-4-3-6-11(12)9-14(17)18/h3-4,6-7,10H,2,5,8-9H2,1H3,(H,15,16)(H,17,18). The zero-order valence-corrected chi connectivity index (χ0v) is 10.4. The fourth-order valence-electron chi connectivity index (χ4n) is 2.18. The molecule has 0 radical (unpaired) electrons. The van der Waals surface area contributed by atoms with Crippen molar-refractivity contribution in [2.45, 2.75) is 38.5 Å². The maximum atomic E-state index is 10.9. The molecule has 0 aromatic heterocycles. The molecule has 0 aliphatic carbocycles. The van der Waals surface area contributed by atoms with E-state index in [2.05, 4.69) is 0 Å². The van der Waals surface area contributed by atoms with Gasteiger partial charge in [-0.05, 0) is 23.5 Å². The number of benzene rings is 1. The minimum Gasteiger partial charge on any atom is -0.481 e. The number of hydrogen-bond acceptors (Lipinski definition) is 2. The van der Waals surface area contributed by atoms with E-state index < -0.39 is 11.9 Å². The maximum absolute atomic E-state index is 10.9. The van der Waals surface area contributed by atoms with Crippen LogP contribution in [0.1, 0.15) is 43.2 Å². The Bertz CT molecular complexity index is 426. The van der Waals surface area contributed by atoms with Crippen molar-refractivity contribution in [3.05, 3.63) is 35.4 Å². The van der Waals surface area contributed by atoms with Crippen LogP contribution in [0.5, 0.6) is 0 Å². The van der Waals surface area contributed by atoms with Crippen molar-refractivity contribution in [2.24, 2.45) is 0 Å². The first kappa shape index (κ1) is 14.2. The predicted molar refractivity (Wildman–Crippen MR) is 67.7 cm³/mol. The Morgan fingerprint density at radius 1 is 1.17 bits per heavy atom. The molecule has 1 rings (SSSR count). The molecular formula is C14H18O4. The molecule has 0 aliphatic heterocycles. The van der Waals surface area contributed by atoms with Gasteiger partial charge in [-0.2, -0.15) is 0 Å². The Morgan fingerprint density at radius 3 is 2.39 bits per heavy atom. The Hall–Kier alpha value is -1.84. The first-order valence-corrected chi connectivity index (χ1v) is 6.06. The molecule has 4 heteroatoms. The van der Waals surface area contributed by atoms with Crippen molar-refractivity contribution < 1.29 is 19.8 Å². The lowest BCUT2D eigenvalue weighted by Crippen LogP contribution is -2.11. The smallest absolute Gasteiger partial charge is 0.307 e. The summed E-state index contributed by atoms with van der Waals surface area (Å²) in [4.78, 5) is 21.7. The highest BCUT2D eigenvalue weighted by molar-refractivity contribution is 5.71. The molecule has 0 spiro atoms. The number of carbonyl (C=O) groups is 2. The van der Waals surface area contributed by atoms with Crippen molar-refractivity contribution >= 4 is 11.9 Å². The summed E-state index contributed by atoms with van der Waals surface area (Å²) in [5.74, 6) is -1.85. The van der Waals surface area contributed by atoms with Crippen LogP contribution >= 0.6 is 0 Å². The molecule has 0 saturated heterocycles. The van der Waals surface area contributed by atoms with E-state index in [1.807, 2.05) is 19.1 Å². The third kappa shape index (κ3) is 4.20. The first-order valence-electron chi connectivity index (χ1n) is 6.06. The lowest BCUT2D eigenvalue weighted by atomic mass is 9.87. The normalized spacial score (nSPS) is 12.1. The summed E-state index contributed by atoms with van der Waals surface area (Å²) < 4.78 is 0. The lowest BCUT2D eigenvalue weighted by molar-refractivity contribution is -0.137. The Balaban J connectivity index is 3.01. The summed E-state index contributed by atoms with van der Waals surface area (Å²) in [6.07, 6.45) is 1.61. The van der Waals surface area contributed by atoms with E-state index in [1.165, 1.54) is 0 Å². The van der Waals surface area contributed by atoms with Crippen LogP contribution in [0.15, 0.2) is 24.3 Å². The predicted octanol–water partition coefficient (Wildman–Crippen LogP) is 2.67. The van der Waals surface area contributed by atoms with Crippen LogP contribution in [0.4, 0.5) is 0 Å². The minimum atomic E-state index is -0.895. The van der Waals surface area contributed by atoms with Gasteiger partial charge in [-0.15, -0.1) is 0 Å². The van der Waals surface area contributed by atoms with Crippen molar-refractivity contribution in [1.82, 2.24) is 0 Å². The van der Waals surface area contributed by atoms with Gasteiger partial charge in [0.25, 0.3) is 0 Å². The van der Waals surface area contributed by atoms with Crippen molar-refractivity contribution in [3.8, 4) is 0 Å². The number of carboxylic acids is 2. The van der Waals surface area contributed by atoms with Gasteiger partial charge in [0.2, 0.25) is 0 Å². The molecule has 0 aliphatic rings. The maximum Gasteiger partial charge on any atom is 0.307 e. The van der Waals surface area contributed by atoms with Crippen LogP contribution in [0.25, 0.3) is 0 Å². The van der Waals surface area contributed by atoms with Crippen LogP contribution in [0, 0.1) is 0 Å². The van der Waals surface area contributed by atoms with Crippen molar-refractivity contribution in [1.29, 1.82) is 0 Å². The van der Waals surface area contributed by atoms with E-state index in [1.54, 1.807) is 12.1 Å². The van der Waals surface area contributed by atoms with E-state index in [0.717, 1.165) is 18.4 Å². The van der Waals surface area contributed by atoms with Gasteiger partial charge in [0.1, 0.15) is 0 Å². The summed E-state index contributed by atoms with van der Waals surface area (Å²) in [5.41, 5.74) is 1.56. The van der Waals surface area contributed by atoms with Gasteiger partial charge < -0.3 is 10.2 Å². The molecule has 0 fully saturated rings. The Labute approximate surface area is 106 Å². The molecule has 4 nitrogen and oxygen atoms in total. The number of carboxylic acid groups (broad SMARTS) is 2. The fourth-order valence-corrected chi connectivity index (χ4v) is 2.18. The molecule has 2 N–H and O–H groups in total. The summed E-state index contributed by atoms with van der Waals surface area (Å²) in [5, 5.41) is 17.8. The number of hydrogen-bond donors (Lipinski definition) is 2. The topological polar surface area (TPSA) is 74.6 Å². The highest BCUT2D eigenvalue weighted by Gasteiger charge is 2.18. The van der Waals surface area contributed by atoms with Gasteiger partial charge >= 0.3 is 11.9 Å². The SMILES string of the molecule is CCCC(CC(=O)O)c1ccccc1CC(=O)O. The van der Waals surface area contributed by atoms with E-state index in [-0.39, 0.29) is 18.8 Å². The molecule has 0 amide bonds. The average molecular weight is 250 g/mol. The highest BCUT2D eigenvalue weighted by atomic mass is 16.4. The van der Waals surface area contributed by atoms with Gasteiger partial charge in [-0.3, -0.25) is 9.59 Å². The zero-order chi connectivity index (χ0) is 13.5. The largest absolute Gasteiger partial charge is 0.481 e. The lowest BCUT2D eigenvalue weighted by Gasteiger charge is -2.17. The first-order chi connectivity index (χ1) is 8.54. The van der Waals surface area contributed by atoms with Gasteiger partial charge in [0, 0.05) is 0 Å². The summed E-state index contributed by atoms with van der Waals surface area (Å²) in [6.45, 7) is 1.99. The molecule has 1 aromatic rings. The molecule has 1 unspecified atom stereocenters. The van der Waals surface area contributed by atoms with Crippen LogP contribution in [0.2, 0.25) is 0 Å². The molecule has 18 heavy (non-hydrogen) atoms. The van der Waals surface area contributed by atoms with Crippen molar-refractivity contribution in [3.63, 3.8) is 0 Å². The Morgan fingerprint density at radius 2 is 1.83 bits per heavy atom.